The predicted octanol–water partition coefficient (Wildman–Crippen LogP) is 5.39. The summed E-state index contributed by atoms with van der Waals surface area (Å²) in [6.07, 6.45) is 0. The van der Waals surface area contributed by atoms with Crippen LogP contribution in [0.2, 0.25) is 15.1 Å². The lowest BCUT2D eigenvalue weighted by atomic mass is 10.1. The monoisotopic (exact) mass is 351 g/mol. The van der Waals surface area contributed by atoms with E-state index in [1.807, 2.05) is 37.3 Å². The molecule has 0 saturated heterocycles. The summed E-state index contributed by atoms with van der Waals surface area (Å²) >= 11 is 18.5. The van der Waals surface area contributed by atoms with Gasteiger partial charge >= 0.3 is 0 Å². The average Bonchev–Trinajstić information content (AvgIpc) is 2.74. The van der Waals surface area contributed by atoms with Crippen LogP contribution < -0.4 is 5.73 Å². The zero-order chi connectivity index (χ0) is 15.9. The average molecular weight is 353 g/mol. The molecule has 22 heavy (non-hydrogen) atoms. The van der Waals surface area contributed by atoms with E-state index in [4.69, 9.17) is 40.5 Å². The molecule has 0 radical (unpaired) electrons. The van der Waals surface area contributed by atoms with E-state index in [2.05, 4.69) is 5.10 Å². The van der Waals surface area contributed by atoms with Gasteiger partial charge in [-0.3, -0.25) is 0 Å². The van der Waals surface area contributed by atoms with Crippen LogP contribution in [0.15, 0.2) is 42.5 Å². The topological polar surface area (TPSA) is 43.8 Å². The molecule has 1 aromatic heterocycles. The summed E-state index contributed by atoms with van der Waals surface area (Å²) < 4.78 is 1.55. The second kappa shape index (κ2) is 5.84. The third kappa shape index (κ3) is 2.56. The lowest BCUT2D eigenvalue weighted by molar-refractivity contribution is 0.872. The number of hydrogen-bond acceptors (Lipinski definition) is 2. The normalized spacial score (nSPS) is 10.9. The molecule has 2 aromatic carbocycles. The number of aromatic nitrogens is 2. The molecule has 0 aliphatic rings. The number of aryl methyl sites for hydroxylation is 1. The molecule has 0 aliphatic heterocycles. The van der Waals surface area contributed by atoms with Crippen LogP contribution in [0.5, 0.6) is 0 Å². The smallest absolute Gasteiger partial charge is 0.135 e. The Balaban J connectivity index is 2.24. The van der Waals surface area contributed by atoms with Crippen LogP contribution in [0.3, 0.4) is 0 Å². The molecular weight excluding hydrogens is 341 g/mol. The molecular formula is C16H12Cl3N3. The first-order valence-corrected chi connectivity index (χ1v) is 7.68. The Morgan fingerprint density at radius 2 is 1.59 bits per heavy atom. The van der Waals surface area contributed by atoms with Gasteiger partial charge in [-0.1, -0.05) is 65.1 Å². The Kier molecular flexibility index (Phi) is 4.04. The van der Waals surface area contributed by atoms with Gasteiger partial charge in [-0.2, -0.15) is 5.10 Å². The number of rotatable bonds is 2. The Hall–Kier alpha value is -1.68. The van der Waals surface area contributed by atoms with Gasteiger partial charge in [0.2, 0.25) is 0 Å². The minimum absolute atomic E-state index is 0.395. The number of anilines is 1. The molecule has 112 valence electrons. The molecule has 6 heteroatoms. The molecule has 3 rings (SSSR count). The molecule has 0 spiro atoms. The minimum atomic E-state index is 0.395. The van der Waals surface area contributed by atoms with Crippen molar-refractivity contribution in [1.29, 1.82) is 0 Å². The van der Waals surface area contributed by atoms with Gasteiger partial charge in [0.15, 0.2) is 0 Å². The molecule has 0 aliphatic carbocycles. The van der Waals surface area contributed by atoms with Gasteiger partial charge in [0.1, 0.15) is 11.5 Å². The number of halogens is 3. The van der Waals surface area contributed by atoms with Gasteiger partial charge in [0.25, 0.3) is 0 Å². The SMILES string of the molecule is Cc1nn(-c2c(Cl)cc(Cl)cc2Cl)c(N)c1-c1ccccc1. The molecule has 0 bridgehead atoms. The van der Waals surface area contributed by atoms with Crippen molar-refractivity contribution in [3.05, 3.63) is 63.2 Å². The summed E-state index contributed by atoms with van der Waals surface area (Å²) in [5.74, 6) is 0.481. The number of nitrogen functional groups attached to an aromatic ring is 1. The highest BCUT2D eigenvalue weighted by Crippen LogP contribution is 2.37. The summed E-state index contributed by atoms with van der Waals surface area (Å²) in [7, 11) is 0. The summed E-state index contributed by atoms with van der Waals surface area (Å²) in [6.45, 7) is 1.90. The highest BCUT2D eigenvalue weighted by atomic mass is 35.5. The number of hydrogen-bond donors (Lipinski definition) is 1. The fraction of sp³-hybridized carbons (Fsp3) is 0.0625. The maximum Gasteiger partial charge on any atom is 0.135 e. The zero-order valence-electron chi connectivity index (χ0n) is 11.6. The largest absolute Gasteiger partial charge is 0.383 e. The van der Waals surface area contributed by atoms with E-state index in [0.717, 1.165) is 16.8 Å². The van der Waals surface area contributed by atoms with E-state index >= 15 is 0 Å². The number of benzene rings is 2. The Morgan fingerprint density at radius 3 is 2.18 bits per heavy atom. The molecule has 0 saturated carbocycles. The van der Waals surface area contributed by atoms with Gasteiger partial charge in [0.05, 0.1) is 15.7 Å². The molecule has 0 unspecified atom stereocenters. The lowest BCUT2D eigenvalue weighted by Gasteiger charge is -2.10. The standard InChI is InChI=1S/C16H12Cl3N3/c1-9-14(10-5-3-2-4-6-10)16(20)22(21-9)15-12(18)7-11(17)8-13(15)19/h2-8H,20H2,1H3. The summed E-state index contributed by atoms with van der Waals surface area (Å²) in [5.41, 5.74) is 9.47. The summed E-state index contributed by atoms with van der Waals surface area (Å²) in [5, 5.41) is 5.74. The summed E-state index contributed by atoms with van der Waals surface area (Å²) in [6, 6.07) is 13.0. The maximum atomic E-state index is 6.29. The highest BCUT2D eigenvalue weighted by molar-refractivity contribution is 6.40. The predicted molar refractivity (Wildman–Crippen MR) is 93.2 cm³/mol. The molecule has 3 aromatic rings. The zero-order valence-corrected chi connectivity index (χ0v) is 13.9. The second-order valence-electron chi connectivity index (χ2n) is 4.84. The van der Waals surface area contributed by atoms with Crippen molar-refractivity contribution in [2.45, 2.75) is 6.92 Å². The number of nitrogens with zero attached hydrogens (tertiary/aromatic N) is 2. The fourth-order valence-electron chi connectivity index (χ4n) is 2.41. The Labute approximate surface area is 143 Å². The van der Waals surface area contributed by atoms with Crippen LogP contribution in [0.25, 0.3) is 16.8 Å². The van der Waals surface area contributed by atoms with Gasteiger partial charge in [-0.15, -0.1) is 0 Å². The Bertz CT molecular complexity index is 818. The molecule has 3 nitrogen and oxygen atoms in total. The third-order valence-corrected chi connectivity index (χ3v) is 4.15. The first kappa shape index (κ1) is 15.2. The van der Waals surface area contributed by atoms with Crippen molar-refractivity contribution >= 4 is 40.6 Å². The van der Waals surface area contributed by atoms with Gasteiger partial charge in [-0.25, -0.2) is 4.68 Å². The van der Waals surface area contributed by atoms with Crippen molar-refractivity contribution in [1.82, 2.24) is 9.78 Å². The van der Waals surface area contributed by atoms with E-state index in [9.17, 15) is 0 Å². The molecule has 0 fully saturated rings. The van der Waals surface area contributed by atoms with Crippen LogP contribution in [0.4, 0.5) is 5.82 Å². The first-order chi connectivity index (χ1) is 10.5. The van der Waals surface area contributed by atoms with E-state index in [1.165, 1.54) is 0 Å². The van der Waals surface area contributed by atoms with Crippen LogP contribution in [-0.4, -0.2) is 9.78 Å². The van der Waals surface area contributed by atoms with Crippen molar-refractivity contribution < 1.29 is 0 Å². The van der Waals surface area contributed by atoms with Crippen molar-refractivity contribution in [2.75, 3.05) is 5.73 Å². The maximum absolute atomic E-state index is 6.29. The van der Waals surface area contributed by atoms with Crippen molar-refractivity contribution in [3.8, 4) is 16.8 Å². The van der Waals surface area contributed by atoms with Crippen LogP contribution in [0, 0.1) is 6.92 Å². The second-order valence-corrected chi connectivity index (χ2v) is 6.09. The van der Waals surface area contributed by atoms with E-state index in [0.29, 0.717) is 26.6 Å². The summed E-state index contributed by atoms with van der Waals surface area (Å²) in [4.78, 5) is 0. The van der Waals surface area contributed by atoms with Gasteiger partial charge < -0.3 is 5.73 Å². The number of nitrogens with two attached hydrogens (primary N) is 1. The fourth-order valence-corrected chi connectivity index (χ4v) is 3.39. The van der Waals surface area contributed by atoms with E-state index < -0.39 is 0 Å². The Morgan fingerprint density at radius 1 is 1.00 bits per heavy atom. The van der Waals surface area contributed by atoms with E-state index in [1.54, 1.807) is 16.8 Å². The van der Waals surface area contributed by atoms with Crippen LogP contribution in [0.1, 0.15) is 5.69 Å². The van der Waals surface area contributed by atoms with Crippen LogP contribution in [-0.2, 0) is 0 Å². The molecule has 0 atom stereocenters. The van der Waals surface area contributed by atoms with E-state index in [-0.39, 0.29) is 0 Å². The quantitative estimate of drug-likeness (QED) is 0.672. The third-order valence-electron chi connectivity index (χ3n) is 3.35. The van der Waals surface area contributed by atoms with Crippen molar-refractivity contribution in [2.24, 2.45) is 0 Å². The molecule has 0 amide bonds. The first-order valence-electron chi connectivity index (χ1n) is 6.54. The lowest BCUT2D eigenvalue weighted by Crippen LogP contribution is -2.04. The molecule has 2 N–H and O–H groups in total. The van der Waals surface area contributed by atoms with Gasteiger partial charge in [-0.05, 0) is 24.6 Å². The van der Waals surface area contributed by atoms with Crippen LogP contribution >= 0.6 is 34.8 Å². The minimum Gasteiger partial charge on any atom is -0.383 e. The van der Waals surface area contributed by atoms with Crippen molar-refractivity contribution in [3.63, 3.8) is 0 Å². The van der Waals surface area contributed by atoms with Gasteiger partial charge in [0, 0.05) is 10.6 Å². The molecule has 1 heterocycles. The highest BCUT2D eigenvalue weighted by Gasteiger charge is 2.19.